The molecule has 0 saturated heterocycles. The summed E-state index contributed by atoms with van der Waals surface area (Å²) in [7, 11) is 2.12. The first-order chi connectivity index (χ1) is 9.60. The summed E-state index contributed by atoms with van der Waals surface area (Å²) in [5.74, 6) is 0. The highest BCUT2D eigenvalue weighted by Crippen LogP contribution is 2.25. The maximum absolute atomic E-state index is 4.54. The fraction of sp³-hybridized carbons (Fsp3) is 0.400. The van der Waals surface area contributed by atoms with Crippen LogP contribution in [-0.2, 0) is 13.1 Å². The van der Waals surface area contributed by atoms with Crippen LogP contribution in [0.15, 0.2) is 28.1 Å². The van der Waals surface area contributed by atoms with E-state index in [0.29, 0.717) is 0 Å². The van der Waals surface area contributed by atoms with Crippen LogP contribution in [0.5, 0.6) is 0 Å². The lowest BCUT2D eigenvalue weighted by Crippen LogP contribution is -2.20. The second-order valence-corrected chi connectivity index (χ2v) is 6.75. The summed E-state index contributed by atoms with van der Waals surface area (Å²) in [4.78, 5) is 6.80. The molecule has 1 aromatic carbocycles. The predicted octanol–water partition coefficient (Wildman–Crippen LogP) is 3.96. The Hall–Kier alpha value is -0.910. The second kappa shape index (κ2) is 7.20. The molecule has 0 saturated carbocycles. The zero-order chi connectivity index (χ0) is 14.5. The molecule has 3 nitrogen and oxygen atoms in total. The fourth-order valence-electron chi connectivity index (χ4n) is 2.14. The molecule has 0 unspecified atom stereocenters. The number of anilines is 1. The van der Waals surface area contributed by atoms with Gasteiger partial charge in [-0.25, -0.2) is 4.98 Å². The molecule has 0 atom stereocenters. The van der Waals surface area contributed by atoms with Gasteiger partial charge in [0, 0.05) is 29.1 Å². The molecule has 5 heteroatoms. The second-order valence-electron chi connectivity index (χ2n) is 4.77. The standard InChI is InChI=1S/C15H20BrN3S/c1-4-17-8-12-7-13(16)5-6-15(12)19(3)9-14-10-20-11(2)18-14/h5-7,10,17H,4,8-9H2,1-3H3. The van der Waals surface area contributed by atoms with Crippen LogP contribution in [0.1, 0.15) is 23.2 Å². The summed E-state index contributed by atoms with van der Waals surface area (Å²) in [5, 5.41) is 6.65. The molecule has 0 bridgehead atoms. The Balaban J connectivity index is 2.17. The molecular formula is C15H20BrN3S. The van der Waals surface area contributed by atoms with Gasteiger partial charge < -0.3 is 10.2 Å². The van der Waals surface area contributed by atoms with Gasteiger partial charge >= 0.3 is 0 Å². The monoisotopic (exact) mass is 353 g/mol. The summed E-state index contributed by atoms with van der Waals surface area (Å²) >= 11 is 5.26. The molecule has 0 aliphatic rings. The number of rotatable bonds is 6. The van der Waals surface area contributed by atoms with Crippen LogP contribution >= 0.6 is 27.3 Å². The highest BCUT2D eigenvalue weighted by atomic mass is 79.9. The molecule has 0 fully saturated rings. The van der Waals surface area contributed by atoms with Crippen LogP contribution in [0.3, 0.4) is 0 Å². The molecule has 0 aliphatic heterocycles. The van der Waals surface area contributed by atoms with Crippen molar-refractivity contribution in [2.24, 2.45) is 0 Å². The first kappa shape index (κ1) is 15.5. The lowest BCUT2D eigenvalue weighted by atomic mass is 10.1. The Morgan fingerprint density at radius 2 is 2.20 bits per heavy atom. The predicted molar refractivity (Wildman–Crippen MR) is 90.5 cm³/mol. The first-order valence-corrected chi connectivity index (χ1v) is 8.38. The third-order valence-corrected chi connectivity index (χ3v) is 4.40. The van der Waals surface area contributed by atoms with Crippen molar-refractivity contribution in [1.82, 2.24) is 10.3 Å². The highest BCUT2D eigenvalue weighted by molar-refractivity contribution is 9.10. The largest absolute Gasteiger partial charge is 0.368 e. The molecule has 2 aromatic rings. The van der Waals surface area contributed by atoms with Gasteiger partial charge in [0.05, 0.1) is 17.2 Å². The summed E-state index contributed by atoms with van der Waals surface area (Å²) in [5.41, 5.74) is 3.68. The van der Waals surface area contributed by atoms with E-state index in [2.05, 4.69) is 68.7 Å². The van der Waals surface area contributed by atoms with E-state index in [9.17, 15) is 0 Å². The number of aryl methyl sites for hydroxylation is 1. The van der Waals surface area contributed by atoms with E-state index < -0.39 is 0 Å². The van der Waals surface area contributed by atoms with Crippen molar-refractivity contribution in [2.75, 3.05) is 18.5 Å². The lowest BCUT2D eigenvalue weighted by molar-refractivity contribution is 0.722. The number of nitrogens with zero attached hydrogens (tertiary/aromatic N) is 2. The summed E-state index contributed by atoms with van der Waals surface area (Å²) in [6.45, 7) is 6.86. The van der Waals surface area contributed by atoms with Crippen LogP contribution in [0.25, 0.3) is 0 Å². The molecule has 0 aliphatic carbocycles. The average molecular weight is 354 g/mol. The molecule has 0 amide bonds. The average Bonchev–Trinajstić information content (AvgIpc) is 2.81. The summed E-state index contributed by atoms with van der Waals surface area (Å²) < 4.78 is 1.12. The number of hydrogen-bond acceptors (Lipinski definition) is 4. The Labute approximate surface area is 133 Å². The van der Waals surface area contributed by atoms with Crippen molar-refractivity contribution in [3.8, 4) is 0 Å². The van der Waals surface area contributed by atoms with E-state index in [1.807, 2.05) is 6.92 Å². The zero-order valence-electron chi connectivity index (χ0n) is 12.1. The van der Waals surface area contributed by atoms with Gasteiger partial charge in [0.15, 0.2) is 0 Å². The minimum atomic E-state index is 0.838. The van der Waals surface area contributed by atoms with Gasteiger partial charge in [0.1, 0.15) is 0 Å². The molecule has 0 spiro atoms. The normalized spacial score (nSPS) is 10.8. The number of halogens is 1. The van der Waals surface area contributed by atoms with Crippen molar-refractivity contribution in [2.45, 2.75) is 26.9 Å². The topological polar surface area (TPSA) is 28.2 Å². The van der Waals surface area contributed by atoms with Crippen molar-refractivity contribution >= 4 is 33.0 Å². The lowest BCUT2D eigenvalue weighted by Gasteiger charge is -2.22. The number of nitrogens with one attached hydrogen (secondary N) is 1. The number of benzene rings is 1. The van der Waals surface area contributed by atoms with Gasteiger partial charge in [-0.2, -0.15) is 0 Å². The third-order valence-electron chi connectivity index (χ3n) is 3.08. The minimum absolute atomic E-state index is 0.838. The van der Waals surface area contributed by atoms with Crippen LogP contribution in [-0.4, -0.2) is 18.6 Å². The highest BCUT2D eigenvalue weighted by Gasteiger charge is 2.10. The number of aromatic nitrogens is 1. The SMILES string of the molecule is CCNCc1cc(Br)ccc1N(C)Cc1csc(C)n1. The molecule has 1 N–H and O–H groups in total. The molecule has 108 valence electrons. The van der Waals surface area contributed by atoms with Crippen LogP contribution in [0.2, 0.25) is 0 Å². The molecule has 20 heavy (non-hydrogen) atoms. The van der Waals surface area contributed by atoms with Crippen molar-refractivity contribution in [1.29, 1.82) is 0 Å². The molecule has 1 heterocycles. The van der Waals surface area contributed by atoms with E-state index in [1.54, 1.807) is 11.3 Å². The van der Waals surface area contributed by atoms with Crippen molar-refractivity contribution in [3.63, 3.8) is 0 Å². The molecule has 0 radical (unpaired) electrons. The van der Waals surface area contributed by atoms with Crippen LogP contribution in [0.4, 0.5) is 5.69 Å². The Morgan fingerprint density at radius 1 is 1.40 bits per heavy atom. The Bertz CT molecular complexity index is 568. The van der Waals surface area contributed by atoms with Gasteiger partial charge in [-0.3, -0.25) is 0 Å². The Morgan fingerprint density at radius 3 is 2.85 bits per heavy atom. The van der Waals surface area contributed by atoms with E-state index in [0.717, 1.165) is 34.8 Å². The van der Waals surface area contributed by atoms with E-state index in [-0.39, 0.29) is 0 Å². The van der Waals surface area contributed by atoms with Crippen molar-refractivity contribution < 1.29 is 0 Å². The maximum Gasteiger partial charge on any atom is 0.0898 e. The fourth-order valence-corrected chi connectivity index (χ4v) is 3.15. The first-order valence-electron chi connectivity index (χ1n) is 6.71. The van der Waals surface area contributed by atoms with E-state index in [1.165, 1.54) is 11.3 Å². The van der Waals surface area contributed by atoms with Gasteiger partial charge in [0.2, 0.25) is 0 Å². The Kier molecular flexibility index (Phi) is 5.57. The van der Waals surface area contributed by atoms with E-state index >= 15 is 0 Å². The molecule has 1 aromatic heterocycles. The van der Waals surface area contributed by atoms with Gasteiger partial charge in [0.25, 0.3) is 0 Å². The maximum atomic E-state index is 4.54. The van der Waals surface area contributed by atoms with Crippen LogP contribution in [0, 0.1) is 6.92 Å². The van der Waals surface area contributed by atoms with Gasteiger partial charge in [-0.15, -0.1) is 11.3 Å². The zero-order valence-corrected chi connectivity index (χ0v) is 14.5. The quantitative estimate of drug-likeness (QED) is 0.851. The molecular weight excluding hydrogens is 334 g/mol. The third kappa shape index (κ3) is 4.04. The summed E-state index contributed by atoms with van der Waals surface area (Å²) in [6.07, 6.45) is 0. The smallest absolute Gasteiger partial charge is 0.0898 e. The summed E-state index contributed by atoms with van der Waals surface area (Å²) in [6, 6.07) is 6.43. The number of hydrogen-bond donors (Lipinski definition) is 1. The number of thiazole rings is 1. The minimum Gasteiger partial charge on any atom is -0.368 e. The van der Waals surface area contributed by atoms with Crippen LogP contribution < -0.4 is 10.2 Å². The van der Waals surface area contributed by atoms with E-state index in [4.69, 9.17) is 0 Å². The van der Waals surface area contributed by atoms with Gasteiger partial charge in [-0.1, -0.05) is 22.9 Å². The van der Waals surface area contributed by atoms with Crippen molar-refractivity contribution in [3.05, 3.63) is 44.3 Å². The van der Waals surface area contributed by atoms with Gasteiger partial charge in [-0.05, 0) is 37.2 Å². The molecule has 2 rings (SSSR count).